The topological polar surface area (TPSA) is 0 Å². The second-order valence-corrected chi connectivity index (χ2v) is 14.3. The molecule has 0 saturated heterocycles. The van der Waals surface area contributed by atoms with Gasteiger partial charge < -0.3 is 0 Å². The van der Waals surface area contributed by atoms with Gasteiger partial charge in [0.25, 0.3) is 0 Å². The van der Waals surface area contributed by atoms with Crippen LogP contribution in [0.5, 0.6) is 0 Å². The van der Waals surface area contributed by atoms with Gasteiger partial charge in [-0.3, -0.25) is 0 Å². The first-order valence-corrected chi connectivity index (χ1v) is 9.32. The molecule has 0 heterocycles. The SMILES string of the molecule is S=P(I)=[SH-]=[V]. The third-order valence-electron chi connectivity index (χ3n) is 0.0703. The molecule has 0 aliphatic carbocycles. The van der Waals surface area contributed by atoms with Crippen molar-refractivity contribution in [2.45, 2.75) is 0 Å². The van der Waals surface area contributed by atoms with Crippen LogP contribution in [-0.4, -0.2) is 0 Å². The Hall–Kier alpha value is 2.18. The average molecular weight is 274 g/mol. The molecule has 0 radical (unpaired) electrons. The zero-order valence-corrected chi connectivity index (χ0v) is 8.29. The summed E-state index contributed by atoms with van der Waals surface area (Å²) in [5.74, 6) is 0. The van der Waals surface area contributed by atoms with Gasteiger partial charge in [0, 0.05) is 0 Å². The first-order chi connectivity index (χ1) is 2.27. The van der Waals surface area contributed by atoms with Gasteiger partial charge in [0.05, 0.1) is 0 Å². The van der Waals surface area contributed by atoms with Gasteiger partial charge in [0.1, 0.15) is 0 Å². The molecule has 0 N–H and O–H groups in total. The van der Waals surface area contributed by atoms with E-state index < -0.39 is 0 Å². The van der Waals surface area contributed by atoms with E-state index >= 15 is 0 Å². The van der Waals surface area contributed by atoms with Gasteiger partial charge >= 0.3 is 61.3 Å². The molecule has 0 fully saturated rings. The van der Waals surface area contributed by atoms with E-state index in [4.69, 9.17) is 11.8 Å². The van der Waals surface area contributed by atoms with Gasteiger partial charge in [-0.2, -0.15) is 0 Å². The molecule has 5 heavy (non-hydrogen) atoms. The Balaban J connectivity index is 4.22. The third-order valence-corrected chi connectivity index (χ3v) is 12.5. The molecule has 0 nitrogen and oxygen atoms in total. The Morgan fingerprint density at radius 2 is 2.20 bits per heavy atom. The summed E-state index contributed by atoms with van der Waals surface area (Å²) in [4.78, 5) is 0. The Bertz CT molecular complexity index is 107. The minimum atomic E-state index is -0.100. The van der Waals surface area contributed by atoms with Crippen molar-refractivity contribution in [3.05, 3.63) is 0 Å². The van der Waals surface area contributed by atoms with Crippen LogP contribution in [0.25, 0.3) is 0 Å². The van der Waals surface area contributed by atoms with Crippen molar-refractivity contribution in [3.63, 3.8) is 0 Å². The summed E-state index contributed by atoms with van der Waals surface area (Å²) >= 11 is 9.52. The summed E-state index contributed by atoms with van der Waals surface area (Å²) < 4.78 is -0.100. The van der Waals surface area contributed by atoms with Gasteiger partial charge in [-0.25, -0.2) is 0 Å². The number of rotatable bonds is 0. The molecule has 0 bridgehead atoms. The minimum absolute atomic E-state index is 0.100. The average Bonchev–Trinajstić information content (AvgIpc) is 1.38. The molecule has 0 aromatic rings. The maximum atomic E-state index is 4.80. The van der Waals surface area contributed by atoms with E-state index in [2.05, 4.69) is 37.8 Å². The molecule has 0 aromatic carbocycles. The van der Waals surface area contributed by atoms with Crippen LogP contribution in [0.3, 0.4) is 0 Å². The van der Waals surface area contributed by atoms with Crippen molar-refractivity contribution < 1.29 is 15.7 Å². The van der Waals surface area contributed by atoms with E-state index in [1.165, 1.54) is 8.59 Å². The van der Waals surface area contributed by atoms with Crippen LogP contribution in [0.4, 0.5) is 0 Å². The molecular weight excluding hydrogens is 273 g/mol. The summed E-state index contributed by atoms with van der Waals surface area (Å²) in [6.07, 6.45) is 0. The van der Waals surface area contributed by atoms with E-state index in [1.54, 1.807) is 0 Å². The van der Waals surface area contributed by atoms with Crippen LogP contribution in [-0.2, 0) is 36.1 Å². The quantitative estimate of drug-likeness (QED) is 0.279. The molecule has 0 aromatic heterocycles. The first-order valence-electron chi connectivity index (χ1n) is 0.752. The molecule has 0 saturated carbocycles. The Morgan fingerprint density at radius 1 is 2.00 bits per heavy atom. The third kappa shape index (κ3) is 6.18. The monoisotopic (exact) mass is 274 g/mol. The molecule has 0 aliphatic rings. The normalized spacial score (nSPS) is 10.8. The molecule has 0 amide bonds. The van der Waals surface area contributed by atoms with Crippen molar-refractivity contribution in [2.24, 2.45) is 0 Å². The van der Waals surface area contributed by atoms with E-state index in [-0.39, 0.29) is 3.11 Å². The van der Waals surface area contributed by atoms with Gasteiger partial charge in [-0.05, 0) is 0 Å². The van der Waals surface area contributed by atoms with Gasteiger partial charge in [0.15, 0.2) is 0 Å². The standard InChI is InChI=1S/IPS2.V/c1-2(3)4;/q;-2/p+1. The van der Waals surface area contributed by atoms with Crippen molar-refractivity contribution >= 4 is 45.6 Å². The van der Waals surface area contributed by atoms with E-state index in [0.717, 1.165) is 0 Å². The summed E-state index contributed by atoms with van der Waals surface area (Å²) in [6.45, 7) is 0. The van der Waals surface area contributed by atoms with Gasteiger partial charge in [-0.15, -0.1) is 0 Å². The van der Waals surface area contributed by atoms with Crippen molar-refractivity contribution in [3.8, 4) is 0 Å². The molecule has 1 atom stereocenters. The number of hydrogen-bond donors (Lipinski definition) is 0. The fraction of sp³-hybridized carbons (Fsp3) is 0. The zero-order chi connectivity index (χ0) is 4.28. The summed E-state index contributed by atoms with van der Waals surface area (Å²) in [6, 6.07) is 0. The first kappa shape index (κ1) is 7.18. The summed E-state index contributed by atoms with van der Waals surface area (Å²) in [7, 11) is 1.30. The van der Waals surface area contributed by atoms with Crippen LogP contribution >= 0.6 is 25.2 Å². The summed E-state index contributed by atoms with van der Waals surface area (Å²) in [5, 5.41) is 0. The zero-order valence-electron chi connectivity index (χ0n) is 2.13. The van der Waals surface area contributed by atoms with Crippen LogP contribution in [0.15, 0.2) is 0 Å². The number of thiol groups is 1. The Morgan fingerprint density at radius 3 is 2.20 bits per heavy atom. The molecule has 0 spiro atoms. The van der Waals surface area contributed by atoms with E-state index in [9.17, 15) is 0 Å². The predicted molar refractivity (Wildman–Crippen MR) is 37.1 cm³/mol. The second-order valence-electron chi connectivity index (χ2n) is 0.316. The summed E-state index contributed by atoms with van der Waals surface area (Å²) in [5.41, 5.74) is 0. The number of hydrogen-bond acceptors (Lipinski definition) is 2. The maximum absolute atomic E-state index is 4.80. The van der Waals surface area contributed by atoms with E-state index in [1.807, 2.05) is 0 Å². The van der Waals surface area contributed by atoms with Crippen LogP contribution in [0, 0.1) is 0 Å². The molecule has 5 heteroatoms. The van der Waals surface area contributed by atoms with Crippen LogP contribution in [0.1, 0.15) is 0 Å². The van der Waals surface area contributed by atoms with E-state index in [0.29, 0.717) is 0 Å². The van der Waals surface area contributed by atoms with Crippen molar-refractivity contribution in [2.75, 3.05) is 0 Å². The molecule has 0 aliphatic heterocycles. The molecule has 31 valence electrons. The fourth-order valence-electron chi connectivity index (χ4n) is 0. The fourth-order valence-corrected chi connectivity index (χ4v) is 0. The van der Waals surface area contributed by atoms with Crippen LogP contribution < -0.4 is 0 Å². The molecule has 1 unspecified atom stereocenters. The number of halogens is 1. The van der Waals surface area contributed by atoms with Crippen LogP contribution in [0.2, 0.25) is 0 Å². The molecular formula is HIPS2V-. The second kappa shape index (κ2) is 4.35. The molecule has 0 rings (SSSR count). The van der Waals surface area contributed by atoms with Crippen molar-refractivity contribution in [1.82, 2.24) is 0 Å². The van der Waals surface area contributed by atoms with Gasteiger partial charge in [0.2, 0.25) is 0 Å². The predicted octanol–water partition coefficient (Wildman–Crippen LogP) is 1.47. The Kier molecular flexibility index (Phi) is 6.24. The Labute approximate surface area is 60.5 Å². The van der Waals surface area contributed by atoms with Gasteiger partial charge in [-0.1, -0.05) is 0 Å². The van der Waals surface area contributed by atoms with Crippen molar-refractivity contribution in [1.29, 1.82) is 0 Å².